The lowest BCUT2D eigenvalue weighted by Gasteiger charge is -2.33. The summed E-state index contributed by atoms with van der Waals surface area (Å²) >= 11 is 0. The van der Waals surface area contributed by atoms with Crippen LogP contribution in [0.4, 0.5) is 5.69 Å². The molecule has 2 aliphatic rings. The van der Waals surface area contributed by atoms with Crippen molar-refractivity contribution in [2.24, 2.45) is 0 Å². The lowest BCUT2D eigenvalue weighted by molar-refractivity contribution is 0.576. The molecule has 1 heterocycles. The summed E-state index contributed by atoms with van der Waals surface area (Å²) in [4.78, 5) is 2.45. The Kier molecular flexibility index (Phi) is 3.35. The van der Waals surface area contributed by atoms with Gasteiger partial charge < -0.3 is 4.90 Å². The SMILES string of the molecule is N#Cc1ccc2c(c1N1CCCCC1)CCc1ccccc1-2. The monoisotopic (exact) mass is 288 g/mol. The highest BCUT2D eigenvalue weighted by Gasteiger charge is 2.24. The molecule has 2 aromatic carbocycles. The smallest absolute Gasteiger partial charge is 0.101 e. The molecule has 1 aliphatic heterocycles. The van der Waals surface area contributed by atoms with Crippen molar-refractivity contribution in [2.45, 2.75) is 32.1 Å². The summed E-state index contributed by atoms with van der Waals surface area (Å²) in [6.45, 7) is 2.18. The highest BCUT2D eigenvalue weighted by atomic mass is 15.1. The van der Waals surface area contributed by atoms with E-state index in [0.717, 1.165) is 31.5 Å². The van der Waals surface area contributed by atoms with Crippen LogP contribution in [0.2, 0.25) is 0 Å². The van der Waals surface area contributed by atoms with Crippen molar-refractivity contribution < 1.29 is 0 Å². The van der Waals surface area contributed by atoms with E-state index in [2.05, 4.69) is 41.3 Å². The Labute approximate surface area is 132 Å². The van der Waals surface area contributed by atoms with Crippen molar-refractivity contribution >= 4 is 5.69 Å². The van der Waals surface area contributed by atoms with E-state index in [1.807, 2.05) is 6.07 Å². The van der Waals surface area contributed by atoms with E-state index < -0.39 is 0 Å². The molecular formula is C20H20N2. The summed E-state index contributed by atoms with van der Waals surface area (Å²) in [6, 6.07) is 15.3. The van der Waals surface area contributed by atoms with E-state index in [9.17, 15) is 5.26 Å². The molecule has 1 fully saturated rings. The van der Waals surface area contributed by atoms with Gasteiger partial charge in [-0.1, -0.05) is 30.3 Å². The summed E-state index contributed by atoms with van der Waals surface area (Å²) in [7, 11) is 0. The van der Waals surface area contributed by atoms with Gasteiger partial charge in [-0.2, -0.15) is 5.26 Å². The number of anilines is 1. The first kappa shape index (κ1) is 13.4. The second-order valence-corrected chi connectivity index (χ2v) is 6.30. The fourth-order valence-corrected chi connectivity index (χ4v) is 3.97. The number of piperidine rings is 1. The third-order valence-corrected chi connectivity index (χ3v) is 5.03. The zero-order chi connectivity index (χ0) is 14.9. The fourth-order valence-electron chi connectivity index (χ4n) is 3.97. The fraction of sp³-hybridized carbons (Fsp3) is 0.350. The van der Waals surface area contributed by atoms with Crippen molar-refractivity contribution in [3.8, 4) is 17.2 Å². The second kappa shape index (κ2) is 5.50. The molecule has 1 saturated heterocycles. The molecule has 22 heavy (non-hydrogen) atoms. The number of rotatable bonds is 1. The maximum Gasteiger partial charge on any atom is 0.101 e. The number of aryl methyl sites for hydroxylation is 1. The molecule has 0 amide bonds. The highest BCUT2D eigenvalue weighted by molar-refractivity contribution is 5.81. The maximum absolute atomic E-state index is 9.57. The highest BCUT2D eigenvalue weighted by Crippen LogP contribution is 2.40. The minimum atomic E-state index is 0.847. The minimum Gasteiger partial charge on any atom is -0.370 e. The molecule has 0 atom stereocenters. The molecule has 0 bridgehead atoms. The molecule has 1 aliphatic carbocycles. The summed E-state index contributed by atoms with van der Waals surface area (Å²) in [5.74, 6) is 0. The quantitative estimate of drug-likeness (QED) is 0.781. The van der Waals surface area contributed by atoms with Gasteiger partial charge in [0.05, 0.1) is 11.3 Å². The van der Waals surface area contributed by atoms with E-state index in [4.69, 9.17) is 0 Å². The third kappa shape index (κ3) is 2.09. The van der Waals surface area contributed by atoms with Crippen LogP contribution in [0.25, 0.3) is 11.1 Å². The van der Waals surface area contributed by atoms with Crippen LogP contribution in [0, 0.1) is 11.3 Å². The van der Waals surface area contributed by atoms with Gasteiger partial charge in [0, 0.05) is 13.1 Å². The van der Waals surface area contributed by atoms with Crippen LogP contribution >= 0.6 is 0 Å². The third-order valence-electron chi connectivity index (χ3n) is 5.03. The van der Waals surface area contributed by atoms with E-state index in [1.54, 1.807) is 0 Å². The van der Waals surface area contributed by atoms with E-state index in [0.29, 0.717) is 0 Å². The van der Waals surface area contributed by atoms with Crippen molar-refractivity contribution in [1.82, 2.24) is 0 Å². The Bertz CT molecular complexity index is 749. The zero-order valence-corrected chi connectivity index (χ0v) is 12.8. The molecule has 0 unspecified atom stereocenters. The van der Waals surface area contributed by atoms with Gasteiger partial charge in [0.2, 0.25) is 0 Å². The maximum atomic E-state index is 9.57. The second-order valence-electron chi connectivity index (χ2n) is 6.30. The Balaban J connectivity index is 1.90. The van der Waals surface area contributed by atoms with Crippen molar-refractivity contribution in [3.63, 3.8) is 0 Å². The van der Waals surface area contributed by atoms with Gasteiger partial charge in [-0.3, -0.25) is 0 Å². The summed E-state index contributed by atoms with van der Waals surface area (Å²) in [5, 5.41) is 9.57. The topological polar surface area (TPSA) is 27.0 Å². The Hall–Kier alpha value is -2.27. The van der Waals surface area contributed by atoms with Crippen LogP contribution in [-0.4, -0.2) is 13.1 Å². The van der Waals surface area contributed by atoms with Crippen molar-refractivity contribution in [1.29, 1.82) is 5.26 Å². The molecule has 110 valence electrons. The average Bonchev–Trinajstić information content (AvgIpc) is 2.61. The minimum absolute atomic E-state index is 0.847. The molecule has 2 nitrogen and oxygen atoms in total. The van der Waals surface area contributed by atoms with Crippen LogP contribution in [0.3, 0.4) is 0 Å². The Morgan fingerprint density at radius 2 is 1.68 bits per heavy atom. The van der Waals surface area contributed by atoms with Gasteiger partial charge in [-0.25, -0.2) is 0 Å². The molecule has 0 radical (unpaired) electrons. The summed E-state index contributed by atoms with van der Waals surface area (Å²) < 4.78 is 0. The van der Waals surface area contributed by atoms with Crippen LogP contribution in [0.5, 0.6) is 0 Å². The number of benzene rings is 2. The van der Waals surface area contributed by atoms with Gasteiger partial charge in [-0.15, -0.1) is 0 Å². The normalized spacial score (nSPS) is 16.6. The number of nitrogens with zero attached hydrogens (tertiary/aromatic N) is 2. The predicted octanol–water partition coefficient (Wildman–Crippen LogP) is 4.31. The van der Waals surface area contributed by atoms with Crippen LogP contribution < -0.4 is 4.90 Å². The van der Waals surface area contributed by atoms with Gasteiger partial charge in [0.15, 0.2) is 0 Å². The lowest BCUT2D eigenvalue weighted by atomic mass is 9.83. The van der Waals surface area contributed by atoms with Crippen LogP contribution in [0.1, 0.15) is 36.0 Å². The lowest BCUT2D eigenvalue weighted by Crippen LogP contribution is -2.31. The van der Waals surface area contributed by atoms with E-state index in [1.165, 1.54) is 47.2 Å². The molecular weight excluding hydrogens is 268 g/mol. The van der Waals surface area contributed by atoms with E-state index >= 15 is 0 Å². The van der Waals surface area contributed by atoms with Crippen molar-refractivity contribution in [3.05, 3.63) is 53.1 Å². The average molecular weight is 288 g/mol. The first-order chi connectivity index (χ1) is 10.9. The van der Waals surface area contributed by atoms with Gasteiger partial charge in [0.1, 0.15) is 6.07 Å². The molecule has 0 aromatic heterocycles. The van der Waals surface area contributed by atoms with Gasteiger partial charge in [0.25, 0.3) is 0 Å². The summed E-state index contributed by atoms with van der Waals surface area (Å²) in [5.41, 5.74) is 7.58. The number of hydrogen-bond donors (Lipinski definition) is 0. The number of hydrogen-bond acceptors (Lipinski definition) is 2. The predicted molar refractivity (Wildman–Crippen MR) is 90.1 cm³/mol. The van der Waals surface area contributed by atoms with Crippen molar-refractivity contribution in [2.75, 3.05) is 18.0 Å². The van der Waals surface area contributed by atoms with Gasteiger partial charge >= 0.3 is 0 Å². The standard InChI is InChI=1S/C20H20N2/c21-14-16-9-10-18-17-7-3-2-6-15(17)8-11-19(18)20(16)22-12-4-1-5-13-22/h2-3,6-7,9-10H,1,4-5,8,11-13H2. The largest absolute Gasteiger partial charge is 0.370 e. The molecule has 0 spiro atoms. The Morgan fingerprint density at radius 3 is 2.50 bits per heavy atom. The molecule has 0 saturated carbocycles. The van der Waals surface area contributed by atoms with Crippen LogP contribution in [0.15, 0.2) is 36.4 Å². The zero-order valence-electron chi connectivity index (χ0n) is 12.8. The molecule has 2 aromatic rings. The Morgan fingerprint density at radius 1 is 0.864 bits per heavy atom. The van der Waals surface area contributed by atoms with Gasteiger partial charge in [-0.05, 0) is 60.4 Å². The molecule has 2 heteroatoms. The van der Waals surface area contributed by atoms with Crippen LogP contribution in [-0.2, 0) is 12.8 Å². The first-order valence-electron chi connectivity index (χ1n) is 8.27. The number of nitriles is 1. The van der Waals surface area contributed by atoms with E-state index in [-0.39, 0.29) is 0 Å². The molecule has 4 rings (SSSR count). The molecule has 0 N–H and O–H groups in total. The number of fused-ring (bicyclic) bond motifs is 3. The summed E-state index contributed by atoms with van der Waals surface area (Å²) in [6.07, 6.45) is 5.93. The first-order valence-corrected chi connectivity index (χ1v) is 8.27.